The Hall–Kier alpha value is -2.32. The summed E-state index contributed by atoms with van der Waals surface area (Å²) in [6.45, 7) is 0.293. The van der Waals surface area contributed by atoms with E-state index in [0.29, 0.717) is 17.8 Å². The number of thioether (sulfide) groups is 1. The highest BCUT2D eigenvalue weighted by Crippen LogP contribution is 2.27. The molecule has 1 heterocycles. The molecule has 6 nitrogen and oxygen atoms in total. The molecule has 0 radical (unpaired) electrons. The van der Waals surface area contributed by atoms with Crippen molar-refractivity contribution in [1.82, 2.24) is 4.90 Å². The van der Waals surface area contributed by atoms with E-state index in [0.717, 1.165) is 16.7 Å². The van der Waals surface area contributed by atoms with Crippen molar-refractivity contribution in [3.63, 3.8) is 0 Å². The van der Waals surface area contributed by atoms with Crippen molar-refractivity contribution in [3.05, 3.63) is 59.7 Å². The third-order valence-electron chi connectivity index (χ3n) is 4.63. The molecular weight excluding hydrogens is 396 g/mol. The summed E-state index contributed by atoms with van der Waals surface area (Å²) in [6.07, 6.45) is 3.12. The van der Waals surface area contributed by atoms with Crippen LogP contribution in [0.2, 0.25) is 0 Å². The Bertz CT molecular complexity index is 1000. The average Bonchev–Trinajstić information content (AvgIpc) is 2.98. The second kappa shape index (κ2) is 8.36. The molecule has 0 spiro atoms. The fourth-order valence-corrected chi connectivity index (χ4v) is 4.32. The number of hydrogen-bond acceptors (Lipinski definition) is 5. The van der Waals surface area contributed by atoms with Crippen LogP contribution in [0.25, 0.3) is 0 Å². The van der Waals surface area contributed by atoms with Gasteiger partial charge in [-0.05, 0) is 42.5 Å². The molecule has 0 fully saturated rings. The molecular formula is C20H22N2O4S2. The van der Waals surface area contributed by atoms with E-state index in [1.165, 1.54) is 4.90 Å². The Kier molecular flexibility index (Phi) is 6.10. The van der Waals surface area contributed by atoms with Crippen LogP contribution in [0.1, 0.15) is 22.3 Å². The van der Waals surface area contributed by atoms with Gasteiger partial charge < -0.3 is 10.2 Å². The lowest BCUT2D eigenvalue weighted by Gasteiger charge is -2.27. The SMILES string of the molecule is CSc1cccc(NC(=O)[C@H](CCS(C)(=O)=O)N2Cc3ccccc3C2=O)c1. The average molecular weight is 419 g/mol. The van der Waals surface area contributed by atoms with Gasteiger partial charge in [0.25, 0.3) is 5.91 Å². The number of sulfone groups is 1. The molecule has 1 atom stereocenters. The predicted octanol–water partition coefficient (Wildman–Crippen LogP) is 2.81. The highest BCUT2D eigenvalue weighted by Gasteiger charge is 2.36. The standard InChI is InChI=1S/C20H22N2O4S2/c1-27-16-8-5-7-15(12-16)21-19(23)18(10-11-28(2,25)26)22-13-14-6-3-4-9-17(14)20(22)24/h3-9,12,18H,10-11,13H2,1-2H3,(H,21,23)/t18-/m0/s1. The van der Waals surface area contributed by atoms with Crippen molar-refractivity contribution in [2.75, 3.05) is 23.6 Å². The zero-order valence-corrected chi connectivity index (χ0v) is 17.3. The number of benzene rings is 2. The first-order valence-electron chi connectivity index (χ1n) is 8.80. The molecule has 1 aliphatic heterocycles. The number of fused-ring (bicyclic) bond motifs is 1. The first-order valence-corrected chi connectivity index (χ1v) is 12.1. The zero-order chi connectivity index (χ0) is 20.3. The van der Waals surface area contributed by atoms with Gasteiger partial charge >= 0.3 is 0 Å². The van der Waals surface area contributed by atoms with E-state index in [9.17, 15) is 18.0 Å². The van der Waals surface area contributed by atoms with Crippen molar-refractivity contribution < 1.29 is 18.0 Å². The fourth-order valence-electron chi connectivity index (χ4n) is 3.21. The van der Waals surface area contributed by atoms with Crippen molar-refractivity contribution in [1.29, 1.82) is 0 Å². The van der Waals surface area contributed by atoms with Crippen LogP contribution in [0.4, 0.5) is 5.69 Å². The van der Waals surface area contributed by atoms with Crippen LogP contribution < -0.4 is 5.32 Å². The molecule has 1 aliphatic rings. The highest BCUT2D eigenvalue weighted by molar-refractivity contribution is 7.98. The molecule has 0 aliphatic carbocycles. The number of rotatable bonds is 7. The van der Waals surface area contributed by atoms with E-state index >= 15 is 0 Å². The van der Waals surface area contributed by atoms with Crippen molar-refractivity contribution in [2.24, 2.45) is 0 Å². The Morgan fingerprint density at radius 3 is 2.64 bits per heavy atom. The molecule has 2 aromatic carbocycles. The van der Waals surface area contributed by atoms with Crippen molar-refractivity contribution in [3.8, 4) is 0 Å². The summed E-state index contributed by atoms with van der Waals surface area (Å²) in [5, 5.41) is 2.84. The van der Waals surface area contributed by atoms with E-state index in [4.69, 9.17) is 0 Å². The molecule has 0 aromatic heterocycles. The molecule has 2 amide bonds. The fraction of sp³-hybridized carbons (Fsp3) is 0.300. The third kappa shape index (κ3) is 4.74. The quantitative estimate of drug-likeness (QED) is 0.699. The van der Waals surface area contributed by atoms with Gasteiger partial charge in [0.05, 0.1) is 5.75 Å². The first kappa shape index (κ1) is 20.4. The van der Waals surface area contributed by atoms with Gasteiger partial charge in [-0.1, -0.05) is 24.3 Å². The topological polar surface area (TPSA) is 83.6 Å². The molecule has 0 saturated heterocycles. The van der Waals surface area contributed by atoms with Gasteiger partial charge in [0, 0.05) is 28.9 Å². The first-order chi connectivity index (χ1) is 13.3. The van der Waals surface area contributed by atoms with Crippen molar-refractivity contribution >= 4 is 39.1 Å². The smallest absolute Gasteiger partial charge is 0.255 e. The largest absolute Gasteiger partial charge is 0.324 e. The Labute approximate surface area is 169 Å². The molecule has 148 valence electrons. The molecule has 28 heavy (non-hydrogen) atoms. The molecule has 0 unspecified atom stereocenters. The van der Waals surface area contributed by atoms with E-state index < -0.39 is 15.9 Å². The Morgan fingerprint density at radius 1 is 1.21 bits per heavy atom. The lowest BCUT2D eigenvalue weighted by Crippen LogP contribution is -2.45. The predicted molar refractivity (Wildman–Crippen MR) is 111 cm³/mol. The van der Waals surface area contributed by atoms with Gasteiger partial charge in [0.1, 0.15) is 15.9 Å². The molecule has 8 heteroatoms. The normalized spacial score (nSPS) is 14.6. The zero-order valence-electron chi connectivity index (χ0n) is 15.7. The lowest BCUT2D eigenvalue weighted by atomic mass is 10.1. The summed E-state index contributed by atoms with van der Waals surface area (Å²) in [5.74, 6) is -0.805. The number of anilines is 1. The van der Waals surface area contributed by atoms with Gasteiger partial charge in [-0.3, -0.25) is 9.59 Å². The van der Waals surface area contributed by atoms with E-state index in [1.807, 2.05) is 36.6 Å². The minimum Gasteiger partial charge on any atom is -0.324 e. The van der Waals surface area contributed by atoms with Gasteiger partial charge in [-0.15, -0.1) is 11.8 Å². The molecule has 0 saturated carbocycles. The summed E-state index contributed by atoms with van der Waals surface area (Å²) < 4.78 is 23.4. The van der Waals surface area contributed by atoms with Gasteiger partial charge in [0.2, 0.25) is 5.91 Å². The maximum Gasteiger partial charge on any atom is 0.255 e. The maximum absolute atomic E-state index is 13.0. The summed E-state index contributed by atoms with van der Waals surface area (Å²) in [4.78, 5) is 28.3. The molecule has 0 bridgehead atoms. The van der Waals surface area contributed by atoms with Crippen LogP contribution >= 0.6 is 11.8 Å². The second-order valence-electron chi connectivity index (χ2n) is 6.75. The van der Waals surface area contributed by atoms with E-state index in [1.54, 1.807) is 30.0 Å². The summed E-state index contributed by atoms with van der Waals surface area (Å²) in [7, 11) is -3.27. The minimum absolute atomic E-state index is 0.0482. The molecule has 1 N–H and O–H groups in total. The van der Waals surface area contributed by atoms with Crippen LogP contribution in [0, 0.1) is 0 Å². The van der Waals surface area contributed by atoms with Crippen LogP contribution in [-0.2, 0) is 21.2 Å². The van der Waals surface area contributed by atoms with Gasteiger partial charge in [0.15, 0.2) is 0 Å². The van der Waals surface area contributed by atoms with Crippen LogP contribution in [0.15, 0.2) is 53.4 Å². The lowest BCUT2D eigenvalue weighted by molar-refractivity contribution is -0.120. The van der Waals surface area contributed by atoms with Crippen molar-refractivity contribution in [2.45, 2.75) is 23.9 Å². The van der Waals surface area contributed by atoms with Gasteiger partial charge in [-0.2, -0.15) is 0 Å². The number of amides is 2. The Morgan fingerprint density at radius 2 is 1.96 bits per heavy atom. The Balaban J connectivity index is 1.84. The number of carbonyl (C=O) groups excluding carboxylic acids is 2. The van der Waals surface area contributed by atoms with Crippen LogP contribution in [0.5, 0.6) is 0 Å². The summed E-state index contributed by atoms with van der Waals surface area (Å²) >= 11 is 1.55. The number of hydrogen-bond donors (Lipinski definition) is 1. The number of carbonyl (C=O) groups is 2. The van der Waals surface area contributed by atoms with Crippen LogP contribution in [0.3, 0.4) is 0 Å². The van der Waals surface area contributed by atoms with Gasteiger partial charge in [-0.25, -0.2) is 8.42 Å². The highest BCUT2D eigenvalue weighted by atomic mass is 32.2. The molecule has 2 aromatic rings. The minimum atomic E-state index is -3.27. The number of nitrogens with zero attached hydrogens (tertiary/aromatic N) is 1. The number of nitrogens with one attached hydrogen (secondary N) is 1. The molecule has 3 rings (SSSR count). The monoisotopic (exact) mass is 418 g/mol. The maximum atomic E-state index is 13.0. The summed E-state index contributed by atoms with van der Waals surface area (Å²) in [5.41, 5.74) is 2.02. The third-order valence-corrected chi connectivity index (χ3v) is 6.33. The van der Waals surface area contributed by atoms with Crippen LogP contribution in [-0.4, -0.2) is 49.4 Å². The van der Waals surface area contributed by atoms with E-state index in [-0.39, 0.29) is 24.0 Å². The second-order valence-corrected chi connectivity index (χ2v) is 9.89. The summed E-state index contributed by atoms with van der Waals surface area (Å²) in [6, 6.07) is 13.7. The van der Waals surface area contributed by atoms with E-state index in [2.05, 4.69) is 5.32 Å².